The van der Waals surface area contributed by atoms with E-state index in [2.05, 4.69) is 24.4 Å². The molecule has 18 heavy (non-hydrogen) atoms. The SMILES string of the molecule is CCOc1ccc(C(C)NCC2CC(O)C2)cc1. The van der Waals surface area contributed by atoms with Crippen LogP contribution in [0.4, 0.5) is 0 Å². The van der Waals surface area contributed by atoms with Crippen molar-refractivity contribution in [1.82, 2.24) is 5.32 Å². The van der Waals surface area contributed by atoms with Crippen LogP contribution in [-0.4, -0.2) is 24.4 Å². The zero-order valence-corrected chi connectivity index (χ0v) is 11.2. The van der Waals surface area contributed by atoms with E-state index in [1.54, 1.807) is 0 Å². The van der Waals surface area contributed by atoms with Gasteiger partial charge in [0, 0.05) is 6.04 Å². The smallest absolute Gasteiger partial charge is 0.119 e. The molecule has 3 heteroatoms. The number of hydrogen-bond acceptors (Lipinski definition) is 3. The Morgan fingerprint density at radius 1 is 1.33 bits per heavy atom. The fourth-order valence-corrected chi connectivity index (χ4v) is 2.35. The van der Waals surface area contributed by atoms with Gasteiger partial charge in [-0.2, -0.15) is 0 Å². The van der Waals surface area contributed by atoms with Gasteiger partial charge in [0.25, 0.3) is 0 Å². The highest BCUT2D eigenvalue weighted by Crippen LogP contribution is 2.27. The second-order valence-corrected chi connectivity index (χ2v) is 5.12. The van der Waals surface area contributed by atoms with Crippen molar-refractivity contribution < 1.29 is 9.84 Å². The van der Waals surface area contributed by atoms with E-state index in [4.69, 9.17) is 4.74 Å². The predicted octanol–water partition coefficient (Wildman–Crippen LogP) is 2.51. The number of ether oxygens (including phenoxy) is 1. The fourth-order valence-electron chi connectivity index (χ4n) is 2.35. The topological polar surface area (TPSA) is 41.5 Å². The van der Waals surface area contributed by atoms with E-state index in [-0.39, 0.29) is 6.10 Å². The van der Waals surface area contributed by atoms with E-state index in [9.17, 15) is 5.11 Å². The third-order valence-electron chi connectivity index (χ3n) is 3.61. The van der Waals surface area contributed by atoms with Crippen molar-refractivity contribution in [2.75, 3.05) is 13.2 Å². The maximum atomic E-state index is 9.24. The maximum absolute atomic E-state index is 9.24. The Balaban J connectivity index is 1.78. The molecular formula is C15H23NO2. The number of aliphatic hydroxyl groups excluding tert-OH is 1. The molecule has 1 aromatic rings. The van der Waals surface area contributed by atoms with Crippen molar-refractivity contribution in [1.29, 1.82) is 0 Å². The minimum atomic E-state index is -0.0578. The first-order chi connectivity index (χ1) is 8.69. The van der Waals surface area contributed by atoms with Crippen LogP contribution in [-0.2, 0) is 0 Å². The molecule has 1 aromatic carbocycles. The van der Waals surface area contributed by atoms with Crippen molar-refractivity contribution in [3.63, 3.8) is 0 Å². The van der Waals surface area contributed by atoms with Crippen molar-refractivity contribution >= 4 is 0 Å². The first-order valence-electron chi connectivity index (χ1n) is 6.83. The van der Waals surface area contributed by atoms with Crippen LogP contribution in [0, 0.1) is 5.92 Å². The molecule has 0 amide bonds. The molecule has 0 aromatic heterocycles. The monoisotopic (exact) mass is 249 g/mol. The molecule has 0 radical (unpaired) electrons. The van der Waals surface area contributed by atoms with Gasteiger partial charge in [-0.3, -0.25) is 0 Å². The number of nitrogens with one attached hydrogen (secondary N) is 1. The van der Waals surface area contributed by atoms with Crippen LogP contribution < -0.4 is 10.1 Å². The first kappa shape index (κ1) is 13.4. The molecule has 0 spiro atoms. The minimum absolute atomic E-state index is 0.0578. The molecule has 1 aliphatic rings. The highest BCUT2D eigenvalue weighted by atomic mass is 16.5. The minimum Gasteiger partial charge on any atom is -0.494 e. The Kier molecular flexibility index (Phi) is 4.61. The number of hydrogen-bond donors (Lipinski definition) is 2. The third kappa shape index (κ3) is 3.47. The summed E-state index contributed by atoms with van der Waals surface area (Å²) < 4.78 is 5.43. The average molecular weight is 249 g/mol. The predicted molar refractivity (Wildman–Crippen MR) is 72.8 cm³/mol. The summed E-state index contributed by atoms with van der Waals surface area (Å²) in [4.78, 5) is 0. The highest BCUT2D eigenvalue weighted by molar-refractivity contribution is 5.28. The molecule has 1 saturated carbocycles. The highest BCUT2D eigenvalue weighted by Gasteiger charge is 2.26. The summed E-state index contributed by atoms with van der Waals surface area (Å²) in [5.41, 5.74) is 1.28. The van der Waals surface area contributed by atoms with Gasteiger partial charge in [0.05, 0.1) is 12.7 Å². The summed E-state index contributed by atoms with van der Waals surface area (Å²) in [5.74, 6) is 1.57. The van der Waals surface area contributed by atoms with Gasteiger partial charge in [0.2, 0.25) is 0 Å². The van der Waals surface area contributed by atoms with Crippen LogP contribution in [0.15, 0.2) is 24.3 Å². The van der Waals surface area contributed by atoms with Crippen LogP contribution in [0.5, 0.6) is 5.75 Å². The lowest BCUT2D eigenvalue weighted by Gasteiger charge is -2.32. The first-order valence-corrected chi connectivity index (χ1v) is 6.83. The van der Waals surface area contributed by atoms with E-state index in [0.29, 0.717) is 18.6 Å². The summed E-state index contributed by atoms with van der Waals surface area (Å²) in [6.07, 6.45) is 1.84. The fraction of sp³-hybridized carbons (Fsp3) is 0.600. The summed E-state index contributed by atoms with van der Waals surface area (Å²) in [7, 11) is 0. The molecule has 2 N–H and O–H groups in total. The second-order valence-electron chi connectivity index (χ2n) is 5.12. The Labute approximate surface area is 109 Å². The van der Waals surface area contributed by atoms with Gasteiger partial charge in [0.1, 0.15) is 5.75 Å². The molecule has 0 heterocycles. The molecular weight excluding hydrogens is 226 g/mol. The summed E-state index contributed by atoms with van der Waals surface area (Å²) >= 11 is 0. The Hall–Kier alpha value is -1.06. The van der Waals surface area contributed by atoms with Crippen LogP contribution in [0.25, 0.3) is 0 Å². The molecule has 1 atom stereocenters. The van der Waals surface area contributed by atoms with Crippen LogP contribution in [0.2, 0.25) is 0 Å². The van der Waals surface area contributed by atoms with Crippen molar-refractivity contribution in [2.24, 2.45) is 5.92 Å². The Morgan fingerprint density at radius 3 is 2.56 bits per heavy atom. The zero-order valence-electron chi connectivity index (χ0n) is 11.2. The van der Waals surface area contributed by atoms with Crippen molar-refractivity contribution in [3.8, 4) is 5.75 Å². The second kappa shape index (κ2) is 6.21. The zero-order chi connectivity index (χ0) is 13.0. The summed E-state index contributed by atoms with van der Waals surface area (Å²) in [6.45, 7) is 5.86. The van der Waals surface area contributed by atoms with E-state index >= 15 is 0 Å². The van der Waals surface area contributed by atoms with Crippen molar-refractivity contribution in [2.45, 2.75) is 38.8 Å². The molecule has 1 unspecified atom stereocenters. The normalized spacial score (nSPS) is 24.4. The Morgan fingerprint density at radius 2 is 2.00 bits per heavy atom. The quantitative estimate of drug-likeness (QED) is 0.814. The van der Waals surface area contributed by atoms with Gasteiger partial charge in [-0.25, -0.2) is 0 Å². The summed E-state index contributed by atoms with van der Waals surface area (Å²) in [6, 6.07) is 8.60. The number of rotatable bonds is 6. The van der Waals surface area contributed by atoms with E-state index in [1.807, 2.05) is 19.1 Å². The van der Waals surface area contributed by atoms with Gasteiger partial charge < -0.3 is 15.2 Å². The van der Waals surface area contributed by atoms with Gasteiger partial charge in [-0.15, -0.1) is 0 Å². The average Bonchev–Trinajstić information content (AvgIpc) is 2.34. The van der Waals surface area contributed by atoms with Gasteiger partial charge in [-0.05, 0) is 56.8 Å². The number of aliphatic hydroxyl groups is 1. The molecule has 3 nitrogen and oxygen atoms in total. The van der Waals surface area contributed by atoms with E-state index in [1.165, 1.54) is 5.56 Å². The summed E-state index contributed by atoms with van der Waals surface area (Å²) in [5, 5.41) is 12.8. The molecule has 0 aliphatic heterocycles. The number of benzene rings is 1. The molecule has 0 saturated heterocycles. The lowest BCUT2D eigenvalue weighted by atomic mass is 9.82. The molecule has 1 aliphatic carbocycles. The van der Waals surface area contributed by atoms with Crippen LogP contribution in [0.3, 0.4) is 0 Å². The molecule has 0 bridgehead atoms. The van der Waals surface area contributed by atoms with Crippen LogP contribution in [0.1, 0.15) is 38.3 Å². The van der Waals surface area contributed by atoms with Gasteiger partial charge in [0.15, 0.2) is 0 Å². The largest absolute Gasteiger partial charge is 0.494 e. The lowest BCUT2D eigenvalue weighted by molar-refractivity contribution is 0.0420. The standard InChI is InChI=1S/C15H23NO2/c1-3-18-15-6-4-13(5-7-15)11(2)16-10-12-8-14(17)9-12/h4-7,11-12,14,16-17H,3,8-10H2,1-2H3. The van der Waals surface area contributed by atoms with Crippen molar-refractivity contribution in [3.05, 3.63) is 29.8 Å². The maximum Gasteiger partial charge on any atom is 0.119 e. The third-order valence-corrected chi connectivity index (χ3v) is 3.61. The molecule has 1 fully saturated rings. The van der Waals surface area contributed by atoms with E-state index in [0.717, 1.165) is 25.1 Å². The van der Waals surface area contributed by atoms with Gasteiger partial charge >= 0.3 is 0 Å². The van der Waals surface area contributed by atoms with Gasteiger partial charge in [-0.1, -0.05) is 12.1 Å². The Bertz CT molecular complexity index is 357. The molecule has 2 rings (SSSR count). The van der Waals surface area contributed by atoms with E-state index < -0.39 is 0 Å². The van der Waals surface area contributed by atoms with Crippen LogP contribution >= 0.6 is 0 Å². The lowest BCUT2D eigenvalue weighted by Crippen LogP contribution is -2.36. The molecule has 100 valence electrons.